The Morgan fingerprint density at radius 2 is 1.27 bits per heavy atom. The fourth-order valence-corrected chi connectivity index (χ4v) is 2.28. The van der Waals surface area contributed by atoms with Gasteiger partial charge in [-0.05, 0) is 12.8 Å². The molecule has 0 heterocycles. The molecule has 0 saturated heterocycles. The molecule has 33 heavy (non-hydrogen) atoms. The molecule has 0 aliphatic carbocycles. The maximum Gasteiger partial charge on any atom is 0.328 e. The summed E-state index contributed by atoms with van der Waals surface area (Å²) in [6.45, 7) is 2.25. The molecular formula is C26H43N5O2. The SMILES string of the molecule is CCCCCCCCC/C=C/C=C/C=C/C=C/C=C/C=C/C(=O)O.CN(C)C(=N)NC(=N)N. The van der Waals surface area contributed by atoms with Gasteiger partial charge in [-0.1, -0.05) is 112 Å². The highest BCUT2D eigenvalue weighted by molar-refractivity contribution is 5.94. The van der Waals surface area contributed by atoms with E-state index in [2.05, 4.69) is 24.4 Å². The van der Waals surface area contributed by atoms with Crippen molar-refractivity contribution >= 4 is 17.9 Å². The molecule has 0 saturated carbocycles. The molecule has 7 nitrogen and oxygen atoms in total. The molecule has 0 radical (unpaired) electrons. The lowest BCUT2D eigenvalue weighted by Gasteiger charge is -2.13. The zero-order chi connectivity index (χ0) is 25.2. The quantitative estimate of drug-likeness (QED) is 0.0772. The van der Waals surface area contributed by atoms with E-state index in [1.165, 1.54) is 55.9 Å². The molecule has 0 rings (SSSR count). The minimum atomic E-state index is -0.936. The fraction of sp³-hybridized carbons (Fsp3) is 0.423. The molecule has 6 N–H and O–H groups in total. The average molecular weight is 458 g/mol. The molecule has 7 heteroatoms. The summed E-state index contributed by atoms with van der Waals surface area (Å²) in [6, 6.07) is 0. The lowest BCUT2D eigenvalue weighted by atomic mass is 10.1. The molecule has 0 fully saturated rings. The number of hydrogen-bond donors (Lipinski definition) is 5. The van der Waals surface area contributed by atoms with Gasteiger partial charge in [0.05, 0.1) is 0 Å². The number of nitrogens with two attached hydrogens (primary N) is 1. The number of unbranched alkanes of at least 4 members (excludes halogenated alkanes) is 7. The molecule has 0 unspecified atom stereocenters. The van der Waals surface area contributed by atoms with Crippen LogP contribution in [0, 0.1) is 10.8 Å². The summed E-state index contributed by atoms with van der Waals surface area (Å²) in [7, 11) is 3.39. The highest BCUT2D eigenvalue weighted by Gasteiger charge is 1.96. The molecule has 0 amide bonds. The van der Waals surface area contributed by atoms with Crippen LogP contribution in [-0.2, 0) is 4.79 Å². The normalized spacial score (nSPS) is 11.7. The van der Waals surface area contributed by atoms with Crippen LogP contribution in [0.15, 0.2) is 72.9 Å². The number of aliphatic carboxylic acids is 1. The van der Waals surface area contributed by atoms with Crippen molar-refractivity contribution in [2.24, 2.45) is 5.73 Å². The number of allylic oxidation sites excluding steroid dienone is 11. The van der Waals surface area contributed by atoms with Crippen molar-refractivity contribution in [2.75, 3.05) is 14.1 Å². The second kappa shape index (κ2) is 24.9. The lowest BCUT2D eigenvalue weighted by Crippen LogP contribution is -2.42. The van der Waals surface area contributed by atoms with Crippen molar-refractivity contribution in [3.05, 3.63) is 72.9 Å². The van der Waals surface area contributed by atoms with Crippen LogP contribution in [0.1, 0.15) is 58.3 Å². The molecular weight excluding hydrogens is 414 g/mol. The van der Waals surface area contributed by atoms with E-state index in [1.807, 2.05) is 36.5 Å². The number of carboxylic acid groups (broad SMARTS) is 1. The second-order valence-corrected chi connectivity index (χ2v) is 7.36. The topological polar surface area (TPSA) is 126 Å². The van der Waals surface area contributed by atoms with Crippen LogP contribution in [0.4, 0.5) is 0 Å². The van der Waals surface area contributed by atoms with Gasteiger partial charge < -0.3 is 15.7 Å². The predicted octanol–water partition coefficient (Wildman–Crippen LogP) is 5.51. The molecule has 0 bridgehead atoms. The summed E-state index contributed by atoms with van der Waals surface area (Å²) in [5.41, 5.74) is 4.94. The van der Waals surface area contributed by atoms with Gasteiger partial charge in [0.15, 0.2) is 11.9 Å². The van der Waals surface area contributed by atoms with E-state index in [0.717, 1.165) is 12.5 Å². The van der Waals surface area contributed by atoms with E-state index in [1.54, 1.807) is 26.2 Å². The third-order valence-electron chi connectivity index (χ3n) is 4.05. The smallest absolute Gasteiger partial charge is 0.328 e. The van der Waals surface area contributed by atoms with E-state index < -0.39 is 5.97 Å². The Morgan fingerprint density at radius 1 is 0.818 bits per heavy atom. The van der Waals surface area contributed by atoms with Crippen LogP contribution in [0.2, 0.25) is 0 Å². The summed E-state index contributed by atoms with van der Waals surface area (Å²) in [5.74, 6) is -1.04. The highest BCUT2D eigenvalue weighted by Crippen LogP contribution is 2.08. The molecule has 0 aliphatic rings. The van der Waals surface area contributed by atoms with Crippen molar-refractivity contribution < 1.29 is 9.90 Å². The van der Waals surface area contributed by atoms with Gasteiger partial charge in [0.2, 0.25) is 0 Å². The molecule has 0 aromatic carbocycles. The highest BCUT2D eigenvalue weighted by atomic mass is 16.4. The number of guanidine groups is 2. The third-order valence-corrected chi connectivity index (χ3v) is 4.05. The molecule has 0 aromatic rings. The lowest BCUT2D eigenvalue weighted by molar-refractivity contribution is -0.131. The monoisotopic (exact) mass is 457 g/mol. The molecule has 0 aliphatic heterocycles. The van der Waals surface area contributed by atoms with Crippen molar-refractivity contribution in [2.45, 2.75) is 58.3 Å². The van der Waals surface area contributed by atoms with E-state index in [9.17, 15) is 4.79 Å². The second-order valence-electron chi connectivity index (χ2n) is 7.36. The maximum atomic E-state index is 10.2. The van der Waals surface area contributed by atoms with Crippen molar-refractivity contribution in [3.8, 4) is 0 Å². The predicted molar refractivity (Wildman–Crippen MR) is 142 cm³/mol. The standard InChI is InChI=1S/C22H32O2.C4H11N5/c1-2-3-4-5-6-7-8-9-10-11-12-13-14-15-16-17-18-19-20-21-22(23)24;1-9(2)4(7)8-3(5)6/h10-21H,2-9H2,1H3,(H,23,24);1-2H3,(H5,5,6,7,8)/b11-10+,13-12+,15-14+,17-16+,19-18+,21-20+;. The van der Waals surface area contributed by atoms with E-state index in [4.69, 9.17) is 21.7 Å². The van der Waals surface area contributed by atoms with Gasteiger partial charge in [-0.15, -0.1) is 0 Å². The minimum Gasteiger partial charge on any atom is -0.478 e. The van der Waals surface area contributed by atoms with Gasteiger partial charge in [-0.2, -0.15) is 0 Å². The summed E-state index contributed by atoms with van der Waals surface area (Å²) < 4.78 is 0. The van der Waals surface area contributed by atoms with Crippen LogP contribution in [0.5, 0.6) is 0 Å². The first-order valence-electron chi connectivity index (χ1n) is 11.4. The minimum absolute atomic E-state index is 0.113. The van der Waals surface area contributed by atoms with Gasteiger partial charge in [0.25, 0.3) is 0 Å². The number of hydrogen-bond acceptors (Lipinski definition) is 3. The molecule has 184 valence electrons. The van der Waals surface area contributed by atoms with Gasteiger partial charge in [0.1, 0.15) is 0 Å². The Hall–Kier alpha value is -3.35. The van der Waals surface area contributed by atoms with Crippen LogP contribution in [0.3, 0.4) is 0 Å². The zero-order valence-electron chi connectivity index (χ0n) is 20.5. The van der Waals surface area contributed by atoms with Crippen LogP contribution in [0.25, 0.3) is 0 Å². The third kappa shape index (κ3) is 30.9. The number of carboxylic acids is 1. The van der Waals surface area contributed by atoms with Gasteiger partial charge >= 0.3 is 5.97 Å². The summed E-state index contributed by atoms with van der Waals surface area (Å²) >= 11 is 0. The van der Waals surface area contributed by atoms with Crippen LogP contribution in [-0.4, -0.2) is 42.0 Å². The fourth-order valence-electron chi connectivity index (χ4n) is 2.28. The Labute approximate surface area is 200 Å². The van der Waals surface area contributed by atoms with Gasteiger partial charge in [-0.3, -0.25) is 16.1 Å². The Bertz CT molecular complexity index is 701. The molecule has 0 atom stereocenters. The first kappa shape index (κ1) is 31.8. The number of carbonyl (C=O) groups is 1. The molecule has 0 spiro atoms. The van der Waals surface area contributed by atoms with Crippen LogP contribution >= 0.6 is 0 Å². The summed E-state index contributed by atoms with van der Waals surface area (Å²) in [5, 5.41) is 24.5. The van der Waals surface area contributed by atoms with Gasteiger partial charge in [0, 0.05) is 20.2 Å². The first-order chi connectivity index (χ1) is 15.8. The molecule has 0 aromatic heterocycles. The average Bonchev–Trinajstić information content (AvgIpc) is 2.75. The largest absolute Gasteiger partial charge is 0.478 e. The van der Waals surface area contributed by atoms with Crippen molar-refractivity contribution in [1.29, 1.82) is 10.8 Å². The van der Waals surface area contributed by atoms with E-state index in [0.29, 0.717) is 0 Å². The zero-order valence-corrected chi connectivity index (χ0v) is 20.5. The summed E-state index contributed by atoms with van der Waals surface area (Å²) in [4.78, 5) is 11.7. The van der Waals surface area contributed by atoms with Gasteiger partial charge in [-0.25, -0.2) is 4.79 Å². The first-order valence-corrected chi connectivity index (χ1v) is 11.4. The Morgan fingerprint density at radius 3 is 1.70 bits per heavy atom. The Kier molecular flexibility index (Phi) is 24.0. The Balaban J connectivity index is 0. The number of nitrogens with one attached hydrogen (secondary N) is 3. The maximum absolute atomic E-state index is 10.2. The number of nitrogens with zero attached hydrogens (tertiary/aromatic N) is 1. The van der Waals surface area contributed by atoms with Crippen LogP contribution < -0.4 is 11.1 Å². The summed E-state index contributed by atoms with van der Waals surface area (Å²) in [6.07, 6.45) is 32.7. The number of rotatable bonds is 14. The van der Waals surface area contributed by atoms with E-state index in [-0.39, 0.29) is 11.9 Å². The van der Waals surface area contributed by atoms with E-state index >= 15 is 0 Å². The van der Waals surface area contributed by atoms with Crippen molar-refractivity contribution in [1.82, 2.24) is 10.2 Å². The van der Waals surface area contributed by atoms with Crippen molar-refractivity contribution in [3.63, 3.8) is 0 Å².